The van der Waals surface area contributed by atoms with Crippen LogP contribution in [0.1, 0.15) is 46.4 Å². The van der Waals surface area contributed by atoms with Gasteiger partial charge in [-0.15, -0.1) is 11.3 Å². The number of carboxylic acids is 1. The first kappa shape index (κ1) is 31.6. The monoisotopic (exact) mass is 629 g/mol. The Morgan fingerprint density at radius 3 is 1.96 bits per heavy atom. The SMILES string of the molecule is CC(C)(C)c1ccc(C(=O)N[C@@H](Cc2ccc(-c3ncc(-c4ccc(-c5cccc(C(F)(F)F)c5)cc4)cn3)cc2)C(=O)O)s1. The molecule has 2 N–H and O–H groups in total. The molecule has 45 heavy (non-hydrogen) atoms. The standard InChI is InChI=1S/C35H30F3N3O3S/c1-34(2,3)30-16-15-29(45-30)32(42)41-28(33(43)44)17-21-7-9-24(10-8-21)31-39-19-26(20-40-31)23-13-11-22(12-14-23)25-5-4-6-27(18-25)35(36,37)38/h4-16,18-20,28H,17H2,1-3H3,(H,41,42)(H,43,44)/t28-/m0/s1. The largest absolute Gasteiger partial charge is 0.480 e. The first-order valence-corrected chi connectivity index (χ1v) is 14.9. The number of nitrogens with one attached hydrogen (secondary N) is 1. The van der Waals surface area contributed by atoms with Crippen molar-refractivity contribution >= 4 is 23.2 Å². The number of carboxylic acid groups (broad SMARTS) is 1. The molecule has 5 aromatic rings. The van der Waals surface area contributed by atoms with Crippen molar-refractivity contribution < 1.29 is 27.9 Å². The number of thiophene rings is 1. The normalized spacial score (nSPS) is 12.5. The third-order valence-corrected chi connectivity index (χ3v) is 8.73. The van der Waals surface area contributed by atoms with Gasteiger partial charge in [0.05, 0.1) is 10.4 Å². The van der Waals surface area contributed by atoms with Gasteiger partial charge in [0.2, 0.25) is 0 Å². The highest BCUT2D eigenvalue weighted by Crippen LogP contribution is 2.33. The van der Waals surface area contributed by atoms with Crippen LogP contribution >= 0.6 is 11.3 Å². The molecule has 3 aromatic carbocycles. The molecular formula is C35H30F3N3O3S. The van der Waals surface area contributed by atoms with Crippen LogP contribution in [-0.2, 0) is 22.8 Å². The molecule has 0 aliphatic rings. The van der Waals surface area contributed by atoms with Crippen LogP contribution in [0.3, 0.4) is 0 Å². The Morgan fingerprint density at radius 2 is 1.40 bits per heavy atom. The van der Waals surface area contributed by atoms with Gasteiger partial charge in [0.1, 0.15) is 6.04 Å². The summed E-state index contributed by atoms with van der Waals surface area (Å²) >= 11 is 1.35. The van der Waals surface area contributed by atoms with Crippen LogP contribution < -0.4 is 5.32 Å². The van der Waals surface area contributed by atoms with E-state index in [9.17, 15) is 27.9 Å². The van der Waals surface area contributed by atoms with Gasteiger partial charge in [-0.3, -0.25) is 4.79 Å². The van der Waals surface area contributed by atoms with Crippen LogP contribution in [0.5, 0.6) is 0 Å². The molecule has 0 spiro atoms. The lowest BCUT2D eigenvalue weighted by molar-refractivity contribution is -0.139. The Balaban J connectivity index is 1.23. The van der Waals surface area contributed by atoms with Crippen molar-refractivity contribution in [2.24, 2.45) is 0 Å². The van der Waals surface area contributed by atoms with Crippen LogP contribution in [0.4, 0.5) is 13.2 Å². The molecule has 10 heteroatoms. The van der Waals surface area contributed by atoms with Crippen LogP contribution in [0.15, 0.2) is 97.3 Å². The highest BCUT2D eigenvalue weighted by molar-refractivity contribution is 7.14. The van der Waals surface area contributed by atoms with Gasteiger partial charge < -0.3 is 10.4 Å². The number of hydrogen-bond donors (Lipinski definition) is 2. The van der Waals surface area contributed by atoms with Crippen molar-refractivity contribution in [2.75, 3.05) is 0 Å². The molecule has 6 nitrogen and oxygen atoms in total. The number of nitrogens with zero attached hydrogens (tertiary/aromatic N) is 2. The maximum Gasteiger partial charge on any atom is 0.416 e. The summed E-state index contributed by atoms with van der Waals surface area (Å²) in [4.78, 5) is 35.2. The highest BCUT2D eigenvalue weighted by Gasteiger charge is 2.30. The fraction of sp³-hybridized carbons (Fsp3) is 0.200. The summed E-state index contributed by atoms with van der Waals surface area (Å²) in [5.74, 6) is -1.07. The predicted octanol–water partition coefficient (Wildman–Crippen LogP) is 8.28. The van der Waals surface area contributed by atoms with E-state index in [2.05, 4.69) is 36.1 Å². The molecule has 1 atom stereocenters. The molecule has 0 saturated heterocycles. The second-order valence-corrected chi connectivity index (χ2v) is 12.7. The number of aliphatic carboxylic acids is 1. The van der Waals surface area contributed by atoms with E-state index in [1.165, 1.54) is 17.4 Å². The fourth-order valence-corrected chi connectivity index (χ4v) is 5.64. The smallest absolute Gasteiger partial charge is 0.416 e. The van der Waals surface area contributed by atoms with E-state index in [4.69, 9.17) is 0 Å². The van der Waals surface area contributed by atoms with Crippen LogP contribution in [0.25, 0.3) is 33.6 Å². The Kier molecular flexibility index (Phi) is 8.88. The number of carbonyl (C=O) groups is 2. The zero-order valence-corrected chi connectivity index (χ0v) is 25.5. The van der Waals surface area contributed by atoms with Gasteiger partial charge in [-0.2, -0.15) is 13.2 Å². The zero-order valence-electron chi connectivity index (χ0n) is 24.7. The summed E-state index contributed by atoms with van der Waals surface area (Å²) in [5, 5.41) is 12.4. The van der Waals surface area contributed by atoms with Crippen molar-refractivity contribution in [3.05, 3.63) is 118 Å². The molecule has 0 aliphatic carbocycles. The minimum absolute atomic E-state index is 0.106. The summed E-state index contributed by atoms with van der Waals surface area (Å²) in [6.45, 7) is 6.16. The Hall–Kier alpha value is -4.83. The summed E-state index contributed by atoms with van der Waals surface area (Å²) in [7, 11) is 0. The van der Waals surface area contributed by atoms with Crippen molar-refractivity contribution in [2.45, 2.75) is 44.8 Å². The van der Waals surface area contributed by atoms with Gasteiger partial charge in [0, 0.05) is 34.8 Å². The number of aromatic nitrogens is 2. The number of alkyl halides is 3. The molecule has 2 heterocycles. The molecule has 0 saturated carbocycles. The van der Waals surface area contributed by atoms with E-state index in [1.54, 1.807) is 60.9 Å². The topological polar surface area (TPSA) is 92.2 Å². The first-order valence-electron chi connectivity index (χ1n) is 14.1. The van der Waals surface area contributed by atoms with E-state index >= 15 is 0 Å². The molecule has 0 unspecified atom stereocenters. The molecule has 0 aliphatic heterocycles. The maximum atomic E-state index is 13.1. The number of amides is 1. The predicted molar refractivity (Wildman–Crippen MR) is 169 cm³/mol. The first-order chi connectivity index (χ1) is 21.3. The number of hydrogen-bond acceptors (Lipinski definition) is 5. The quantitative estimate of drug-likeness (QED) is 0.180. The van der Waals surface area contributed by atoms with E-state index < -0.39 is 29.7 Å². The van der Waals surface area contributed by atoms with Crippen LogP contribution in [0.2, 0.25) is 0 Å². The minimum atomic E-state index is -4.41. The molecule has 230 valence electrons. The van der Waals surface area contributed by atoms with Crippen LogP contribution in [-0.4, -0.2) is 33.0 Å². The zero-order chi connectivity index (χ0) is 32.4. The number of carbonyl (C=O) groups excluding carboxylic acids is 1. The lowest BCUT2D eigenvalue weighted by Gasteiger charge is -2.16. The highest BCUT2D eigenvalue weighted by atomic mass is 32.1. The van der Waals surface area contributed by atoms with Crippen molar-refractivity contribution in [1.29, 1.82) is 0 Å². The Labute approximate surface area is 262 Å². The Bertz CT molecular complexity index is 1810. The molecule has 0 fully saturated rings. The van der Waals surface area contributed by atoms with E-state index in [0.717, 1.165) is 39.3 Å². The van der Waals surface area contributed by atoms with Gasteiger partial charge in [0.25, 0.3) is 5.91 Å². The summed E-state index contributed by atoms with van der Waals surface area (Å²) < 4.78 is 39.3. The second kappa shape index (κ2) is 12.6. The fourth-order valence-electron chi connectivity index (χ4n) is 4.67. The van der Waals surface area contributed by atoms with Crippen molar-refractivity contribution in [3.8, 4) is 33.6 Å². The molecule has 0 radical (unpaired) electrons. The lowest BCUT2D eigenvalue weighted by atomic mass is 9.95. The summed E-state index contributed by atoms with van der Waals surface area (Å²) in [6.07, 6.45) is -0.966. The van der Waals surface area contributed by atoms with Crippen molar-refractivity contribution in [3.63, 3.8) is 0 Å². The maximum absolute atomic E-state index is 13.1. The number of rotatable bonds is 8. The molecule has 5 rings (SSSR count). The molecule has 2 aromatic heterocycles. The van der Waals surface area contributed by atoms with Crippen molar-refractivity contribution in [1.82, 2.24) is 15.3 Å². The summed E-state index contributed by atoms with van der Waals surface area (Å²) in [5.41, 5.74) is 3.34. The van der Waals surface area contributed by atoms with Gasteiger partial charge in [-0.25, -0.2) is 14.8 Å². The number of benzene rings is 3. The number of halogens is 3. The van der Waals surface area contributed by atoms with Gasteiger partial charge in [0.15, 0.2) is 5.82 Å². The van der Waals surface area contributed by atoms with E-state index in [1.807, 2.05) is 18.2 Å². The van der Waals surface area contributed by atoms with E-state index in [0.29, 0.717) is 21.8 Å². The third kappa shape index (κ3) is 7.64. The van der Waals surface area contributed by atoms with Gasteiger partial charge in [-0.1, -0.05) is 81.4 Å². The summed E-state index contributed by atoms with van der Waals surface area (Å²) in [6, 6.07) is 22.0. The Morgan fingerprint density at radius 1 is 0.800 bits per heavy atom. The average Bonchev–Trinajstić information content (AvgIpc) is 3.53. The van der Waals surface area contributed by atoms with Gasteiger partial charge in [-0.05, 0) is 51.9 Å². The lowest BCUT2D eigenvalue weighted by Crippen LogP contribution is -2.42. The molecule has 0 bridgehead atoms. The average molecular weight is 630 g/mol. The molecular weight excluding hydrogens is 599 g/mol. The minimum Gasteiger partial charge on any atom is -0.480 e. The third-order valence-electron chi connectivity index (χ3n) is 7.22. The van der Waals surface area contributed by atoms with Gasteiger partial charge >= 0.3 is 12.1 Å². The van der Waals surface area contributed by atoms with E-state index in [-0.39, 0.29) is 11.8 Å². The second-order valence-electron chi connectivity index (χ2n) is 11.6. The molecule has 1 amide bonds. The van der Waals surface area contributed by atoms with Crippen LogP contribution in [0, 0.1) is 0 Å².